The standard InChI is InChI=1S/C12H6BrN3/c13-11-6-9(7-14)3-4-12(11)16-5-1-2-10(16)8-15/h1-6H. The molecule has 0 atom stereocenters. The molecule has 0 radical (unpaired) electrons. The minimum absolute atomic E-state index is 0.561. The summed E-state index contributed by atoms with van der Waals surface area (Å²) in [7, 11) is 0. The van der Waals surface area contributed by atoms with Gasteiger partial charge in [-0.1, -0.05) is 0 Å². The van der Waals surface area contributed by atoms with Crippen LogP contribution in [0, 0.1) is 22.7 Å². The van der Waals surface area contributed by atoms with E-state index in [1.54, 1.807) is 22.8 Å². The third-order valence-corrected chi connectivity index (χ3v) is 2.83. The second-order valence-electron chi connectivity index (χ2n) is 3.15. The zero-order valence-electron chi connectivity index (χ0n) is 8.18. The maximum absolute atomic E-state index is 8.92. The molecule has 1 heterocycles. The summed E-state index contributed by atoms with van der Waals surface area (Å²) in [4.78, 5) is 0. The van der Waals surface area contributed by atoms with Crippen LogP contribution in [-0.4, -0.2) is 4.57 Å². The number of nitrogens with zero attached hydrogens (tertiary/aromatic N) is 3. The van der Waals surface area contributed by atoms with Gasteiger partial charge in [-0.3, -0.25) is 0 Å². The maximum atomic E-state index is 8.92. The summed E-state index contributed by atoms with van der Waals surface area (Å²) in [6, 6.07) is 13.0. The molecule has 2 aromatic rings. The molecule has 0 aliphatic rings. The van der Waals surface area contributed by atoms with Crippen LogP contribution in [0.1, 0.15) is 11.3 Å². The average Bonchev–Trinajstić information content (AvgIpc) is 2.76. The summed E-state index contributed by atoms with van der Waals surface area (Å²) in [6.45, 7) is 0. The van der Waals surface area contributed by atoms with Gasteiger partial charge in [0.15, 0.2) is 0 Å². The smallest absolute Gasteiger partial charge is 0.124 e. The van der Waals surface area contributed by atoms with E-state index in [1.165, 1.54) is 0 Å². The van der Waals surface area contributed by atoms with E-state index < -0.39 is 0 Å². The Labute approximate surface area is 101 Å². The SMILES string of the molecule is N#Cc1ccc(-n2cccc2C#N)c(Br)c1. The molecule has 0 saturated heterocycles. The van der Waals surface area contributed by atoms with Crippen molar-refractivity contribution in [1.29, 1.82) is 10.5 Å². The number of benzene rings is 1. The van der Waals surface area contributed by atoms with Crippen LogP contribution in [0.3, 0.4) is 0 Å². The molecule has 0 bridgehead atoms. The van der Waals surface area contributed by atoms with Crippen molar-refractivity contribution < 1.29 is 0 Å². The van der Waals surface area contributed by atoms with Crippen molar-refractivity contribution >= 4 is 15.9 Å². The second-order valence-corrected chi connectivity index (χ2v) is 4.01. The lowest BCUT2D eigenvalue weighted by atomic mass is 10.2. The Morgan fingerprint density at radius 1 is 1.12 bits per heavy atom. The van der Waals surface area contributed by atoms with Crippen molar-refractivity contribution in [3.8, 4) is 17.8 Å². The number of aromatic nitrogens is 1. The Morgan fingerprint density at radius 2 is 1.94 bits per heavy atom. The first-order chi connectivity index (χ1) is 7.76. The molecule has 1 aromatic heterocycles. The number of hydrogen-bond donors (Lipinski definition) is 0. The van der Waals surface area contributed by atoms with Crippen molar-refractivity contribution in [3.63, 3.8) is 0 Å². The van der Waals surface area contributed by atoms with Gasteiger partial charge in [0.2, 0.25) is 0 Å². The fourth-order valence-corrected chi connectivity index (χ4v) is 2.02. The predicted octanol–water partition coefficient (Wildman–Crippen LogP) is 2.98. The normalized spacial score (nSPS) is 9.44. The summed E-state index contributed by atoms with van der Waals surface area (Å²) in [6.07, 6.45) is 1.81. The molecule has 4 heteroatoms. The number of rotatable bonds is 1. The van der Waals surface area contributed by atoms with Crippen molar-refractivity contribution in [1.82, 2.24) is 4.57 Å². The Morgan fingerprint density at radius 3 is 2.56 bits per heavy atom. The zero-order chi connectivity index (χ0) is 11.5. The Bertz CT molecular complexity index is 614. The Kier molecular flexibility index (Phi) is 2.76. The fourth-order valence-electron chi connectivity index (χ4n) is 1.45. The Balaban J connectivity index is 2.59. The molecule has 0 spiro atoms. The lowest BCUT2D eigenvalue weighted by Crippen LogP contribution is -1.96. The van der Waals surface area contributed by atoms with E-state index in [2.05, 4.69) is 28.1 Å². The minimum Gasteiger partial charge on any atom is -0.307 e. The van der Waals surface area contributed by atoms with E-state index in [9.17, 15) is 0 Å². The molecule has 0 saturated carbocycles. The summed E-state index contributed by atoms with van der Waals surface area (Å²) in [5.41, 5.74) is 1.99. The fraction of sp³-hybridized carbons (Fsp3) is 0. The van der Waals surface area contributed by atoms with E-state index in [0.29, 0.717) is 11.3 Å². The van der Waals surface area contributed by atoms with Crippen LogP contribution in [-0.2, 0) is 0 Å². The maximum Gasteiger partial charge on any atom is 0.124 e. The first-order valence-electron chi connectivity index (χ1n) is 4.53. The van der Waals surface area contributed by atoms with E-state index in [1.807, 2.05) is 18.3 Å². The molecule has 3 nitrogen and oxygen atoms in total. The van der Waals surface area contributed by atoms with Gasteiger partial charge >= 0.3 is 0 Å². The van der Waals surface area contributed by atoms with E-state index in [4.69, 9.17) is 10.5 Å². The molecule has 2 rings (SSSR count). The van der Waals surface area contributed by atoms with Gasteiger partial charge in [-0.25, -0.2) is 0 Å². The largest absolute Gasteiger partial charge is 0.307 e. The monoisotopic (exact) mass is 271 g/mol. The first kappa shape index (κ1) is 10.5. The van der Waals surface area contributed by atoms with Crippen LogP contribution in [0.25, 0.3) is 5.69 Å². The van der Waals surface area contributed by atoms with Gasteiger partial charge in [-0.15, -0.1) is 0 Å². The van der Waals surface area contributed by atoms with Crippen LogP contribution >= 0.6 is 15.9 Å². The molecule has 0 aliphatic carbocycles. The highest BCUT2D eigenvalue weighted by atomic mass is 79.9. The molecule has 0 aliphatic heterocycles. The lowest BCUT2D eigenvalue weighted by molar-refractivity contribution is 1.04. The Hall–Kier alpha value is -2.04. The number of nitriles is 2. The molecule has 0 N–H and O–H groups in total. The molecular formula is C12H6BrN3. The third kappa shape index (κ3) is 1.71. The summed E-state index contributed by atoms with van der Waals surface area (Å²) < 4.78 is 2.56. The summed E-state index contributed by atoms with van der Waals surface area (Å²) >= 11 is 3.39. The van der Waals surface area contributed by atoms with Crippen LogP contribution in [0.4, 0.5) is 0 Å². The van der Waals surface area contributed by atoms with Gasteiger partial charge in [0, 0.05) is 10.7 Å². The van der Waals surface area contributed by atoms with Crippen molar-refractivity contribution in [2.45, 2.75) is 0 Å². The second kappa shape index (κ2) is 4.22. The number of hydrogen-bond acceptors (Lipinski definition) is 2. The van der Waals surface area contributed by atoms with Crippen molar-refractivity contribution in [2.75, 3.05) is 0 Å². The molecule has 1 aromatic carbocycles. The van der Waals surface area contributed by atoms with E-state index >= 15 is 0 Å². The molecule has 0 unspecified atom stereocenters. The quantitative estimate of drug-likeness (QED) is 0.801. The summed E-state index contributed by atoms with van der Waals surface area (Å²) in [5.74, 6) is 0. The van der Waals surface area contributed by atoms with Crippen molar-refractivity contribution in [3.05, 3.63) is 52.3 Å². The van der Waals surface area contributed by atoms with Crippen LogP contribution < -0.4 is 0 Å². The summed E-state index contributed by atoms with van der Waals surface area (Å²) in [5, 5.41) is 17.7. The molecule has 76 valence electrons. The van der Waals surface area contributed by atoms with E-state index in [-0.39, 0.29) is 0 Å². The zero-order valence-corrected chi connectivity index (χ0v) is 9.77. The minimum atomic E-state index is 0.561. The predicted molar refractivity (Wildman–Crippen MR) is 62.9 cm³/mol. The first-order valence-corrected chi connectivity index (χ1v) is 5.33. The highest BCUT2D eigenvalue weighted by Crippen LogP contribution is 2.23. The number of halogens is 1. The van der Waals surface area contributed by atoms with Gasteiger partial charge < -0.3 is 4.57 Å². The van der Waals surface area contributed by atoms with Crippen molar-refractivity contribution in [2.24, 2.45) is 0 Å². The van der Waals surface area contributed by atoms with Crippen LogP contribution in [0.15, 0.2) is 41.0 Å². The van der Waals surface area contributed by atoms with E-state index in [0.717, 1.165) is 10.2 Å². The molecule has 0 amide bonds. The van der Waals surface area contributed by atoms with Crippen LogP contribution in [0.2, 0.25) is 0 Å². The van der Waals surface area contributed by atoms with Gasteiger partial charge in [-0.2, -0.15) is 10.5 Å². The molecular weight excluding hydrogens is 266 g/mol. The highest BCUT2D eigenvalue weighted by molar-refractivity contribution is 9.10. The van der Waals surface area contributed by atoms with Crippen LogP contribution in [0.5, 0.6) is 0 Å². The van der Waals surface area contributed by atoms with Gasteiger partial charge in [0.1, 0.15) is 11.8 Å². The molecule has 0 fully saturated rings. The topological polar surface area (TPSA) is 52.5 Å². The molecule has 16 heavy (non-hydrogen) atoms. The van der Waals surface area contributed by atoms with Gasteiger partial charge in [0.25, 0.3) is 0 Å². The highest BCUT2D eigenvalue weighted by Gasteiger charge is 2.06. The third-order valence-electron chi connectivity index (χ3n) is 2.20. The lowest BCUT2D eigenvalue weighted by Gasteiger charge is -2.07. The average molecular weight is 272 g/mol. The van der Waals surface area contributed by atoms with Gasteiger partial charge in [-0.05, 0) is 46.3 Å². The van der Waals surface area contributed by atoms with Gasteiger partial charge in [0.05, 0.1) is 17.3 Å².